The number of sulfonamides is 1. The van der Waals surface area contributed by atoms with Gasteiger partial charge in [0, 0.05) is 14.1 Å². The molecule has 0 spiro atoms. The smallest absolute Gasteiger partial charge is 0.335 e. The van der Waals surface area contributed by atoms with Crippen LogP contribution in [0, 0.1) is 0 Å². The maximum Gasteiger partial charge on any atom is 0.335 e. The van der Waals surface area contributed by atoms with Crippen molar-refractivity contribution in [2.24, 2.45) is 0 Å². The van der Waals surface area contributed by atoms with E-state index in [1.165, 1.54) is 14.1 Å². The number of aromatic carboxylic acids is 1. The molecule has 2 rings (SSSR count). The maximum atomic E-state index is 12.3. The van der Waals surface area contributed by atoms with E-state index in [1.807, 2.05) is 0 Å². The third-order valence-corrected chi connectivity index (χ3v) is 4.80. The van der Waals surface area contributed by atoms with E-state index in [4.69, 9.17) is 5.11 Å². The molecule has 1 aromatic rings. The lowest BCUT2D eigenvalue weighted by molar-refractivity contribution is -0.128. The van der Waals surface area contributed by atoms with E-state index in [0.717, 1.165) is 23.1 Å². The predicted octanol–water partition coefficient (Wildman–Crippen LogP) is -0.383. The highest BCUT2D eigenvalue weighted by atomic mass is 32.2. The van der Waals surface area contributed by atoms with Crippen LogP contribution in [0.15, 0.2) is 23.1 Å². The van der Waals surface area contributed by atoms with Crippen LogP contribution in [-0.4, -0.2) is 61.2 Å². The first-order valence-electron chi connectivity index (χ1n) is 5.81. The van der Waals surface area contributed by atoms with Crippen molar-refractivity contribution in [2.75, 3.05) is 20.6 Å². The fourth-order valence-corrected chi connectivity index (χ4v) is 3.37. The Kier molecular flexibility index (Phi) is 3.46. The largest absolute Gasteiger partial charge is 0.478 e. The molecule has 9 heteroatoms. The first-order chi connectivity index (χ1) is 9.66. The average Bonchev–Trinajstić information content (AvgIpc) is 2.59. The van der Waals surface area contributed by atoms with Crippen LogP contribution in [0.2, 0.25) is 0 Å². The van der Waals surface area contributed by atoms with Gasteiger partial charge >= 0.3 is 5.97 Å². The molecule has 1 aliphatic heterocycles. The first kappa shape index (κ1) is 15.0. The van der Waals surface area contributed by atoms with E-state index < -0.39 is 34.4 Å². The summed E-state index contributed by atoms with van der Waals surface area (Å²) in [5.74, 6) is -2.70. The first-order valence-corrected chi connectivity index (χ1v) is 7.25. The molecule has 1 N–H and O–H groups in total. The van der Waals surface area contributed by atoms with Gasteiger partial charge in [-0.2, -0.15) is 0 Å². The van der Waals surface area contributed by atoms with Gasteiger partial charge in [0.15, 0.2) is 0 Å². The van der Waals surface area contributed by atoms with Gasteiger partial charge < -0.3 is 10.0 Å². The molecule has 1 aliphatic rings. The van der Waals surface area contributed by atoms with Crippen molar-refractivity contribution in [2.45, 2.75) is 4.90 Å². The van der Waals surface area contributed by atoms with Crippen molar-refractivity contribution in [3.8, 4) is 0 Å². The van der Waals surface area contributed by atoms with E-state index in [9.17, 15) is 22.8 Å². The Balaban J connectivity index is 2.50. The predicted molar refractivity (Wildman–Crippen MR) is 70.3 cm³/mol. The summed E-state index contributed by atoms with van der Waals surface area (Å²) in [5, 5.41) is 8.88. The number of fused-ring (bicyclic) bond motifs is 1. The Bertz CT molecular complexity index is 753. The molecule has 0 bridgehead atoms. The van der Waals surface area contributed by atoms with Crippen LogP contribution in [0.25, 0.3) is 0 Å². The summed E-state index contributed by atoms with van der Waals surface area (Å²) in [4.78, 5) is 35.4. The number of carbonyl (C=O) groups is 3. The van der Waals surface area contributed by atoms with Crippen molar-refractivity contribution >= 4 is 27.8 Å². The second kappa shape index (κ2) is 4.85. The molecule has 8 nitrogen and oxygen atoms in total. The summed E-state index contributed by atoms with van der Waals surface area (Å²) < 4.78 is 25.0. The number of rotatable bonds is 3. The van der Waals surface area contributed by atoms with Gasteiger partial charge in [0.1, 0.15) is 11.4 Å². The van der Waals surface area contributed by atoms with Gasteiger partial charge in [0.2, 0.25) is 5.91 Å². The summed E-state index contributed by atoms with van der Waals surface area (Å²) in [6.45, 7) is -0.620. The molecule has 21 heavy (non-hydrogen) atoms. The van der Waals surface area contributed by atoms with Crippen molar-refractivity contribution in [3.63, 3.8) is 0 Å². The molecule has 0 aromatic heterocycles. The molecule has 0 fully saturated rings. The van der Waals surface area contributed by atoms with Gasteiger partial charge in [-0.1, -0.05) is 0 Å². The minimum absolute atomic E-state index is 0.133. The molecule has 112 valence electrons. The number of nitrogens with zero attached hydrogens (tertiary/aromatic N) is 2. The molecular formula is C12H12N2O6S. The Morgan fingerprint density at radius 1 is 1.29 bits per heavy atom. The zero-order chi connectivity index (χ0) is 15.9. The third-order valence-electron chi connectivity index (χ3n) is 3.03. The van der Waals surface area contributed by atoms with Crippen LogP contribution in [-0.2, 0) is 14.8 Å². The van der Waals surface area contributed by atoms with E-state index in [0.29, 0.717) is 4.31 Å². The summed E-state index contributed by atoms with van der Waals surface area (Å²) in [6, 6.07) is 3.20. The van der Waals surface area contributed by atoms with Crippen molar-refractivity contribution in [3.05, 3.63) is 29.3 Å². The Morgan fingerprint density at radius 2 is 1.90 bits per heavy atom. The number of benzene rings is 1. The zero-order valence-electron chi connectivity index (χ0n) is 11.2. The SMILES string of the molecule is CN(C)C(=O)CN1C(=O)c2ccc(C(=O)O)cc2S1(=O)=O. The number of carboxylic acids is 1. The minimum Gasteiger partial charge on any atom is -0.478 e. The molecule has 2 amide bonds. The average molecular weight is 312 g/mol. The van der Waals surface area contributed by atoms with Crippen LogP contribution < -0.4 is 0 Å². The lowest BCUT2D eigenvalue weighted by Gasteiger charge is -2.17. The van der Waals surface area contributed by atoms with Crippen LogP contribution in [0.1, 0.15) is 20.7 Å². The molecule has 0 saturated carbocycles. The molecule has 0 radical (unpaired) electrons. The van der Waals surface area contributed by atoms with E-state index in [1.54, 1.807) is 0 Å². The minimum atomic E-state index is -4.21. The topological polar surface area (TPSA) is 112 Å². The molecule has 0 unspecified atom stereocenters. The van der Waals surface area contributed by atoms with Crippen LogP contribution in [0.3, 0.4) is 0 Å². The van der Waals surface area contributed by atoms with Crippen LogP contribution >= 0.6 is 0 Å². The second-order valence-electron chi connectivity index (χ2n) is 4.62. The molecular weight excluding hydrogens is 300 g/mol. The van der Waals surface area contributed by atoms with Crippen molar-refractivity contribution < 1.29 is 27.9 Å². The molecule has 0 saturated heterocycles. The van der Waals surface area contributed by atoms with E-state index >= 15 is 0 Å². The standard InChI is InChI=1S/C12H12N2O6S/c1-13(2)10(15)6-14-11(16)8-4-3-7(12(17)18)5-9(8)21(14,19)20/h3-5H,6H2,1-2H3,(H,17,18). The summed E-state index contributed by atoms with van der Waals surface area (Å²) in [6.07, 6.45) is 0. The van der Waals surface area contributed by atoms with Gasteiger partial charge in [-0.3, -0.25) is 9.59 Å². The highest BCUT2D eigenvalue weighted by Crippen LogP contribution is 2.30. The van der Waals surface area contributed by atoms with E-state index in [-0.39, 0.29) is 16.0 Å². The summed E-state index contributed by atoms with van der Waals surface area (Å²) in [7, 11) is -1.34. The lowest BCUT2D eigenvalue weighted by Crippen LogP contribution is -2.39. The highest BCUT2D eigenvalue weighted by Gasteiger charge is 2.42. The number of carbonyl (C=O) groups excluding carboxylic acids is 2. The second-order valence-corrected chi connectivity index (χ2v) is 6.45. The maximum absolute atomic E-state index is 12.3. The molecule has 1 heterocycles. The number of amides is 2. The van der Waals surface area contributed by atoms with E-state index in [2.05, 4.69) is 0 Å². The van der Waals surface area contributed by atoms with Crippen molar-refractivity contribution in [1.29, 1.82) is 0 Å². The van der Waals surface area contributed by atoms with Gasteiger partial charge in [-0.25, -0.2) is 17.5 Å². The Morgan fingerprint density at radius 3 is 2.43 bits per heavy atom. The fraction of sp³-hybridized carbons (Fsp3) is 0.250. The van der Waals surface area contributed by atoms with Crippen molar-refractivity contribution in [1.82, 2.24) is 9.21 Å². The summed E-state index contributed by atoms with van der Waals surface area (Å²) >= 11 is 0. The molecule has 0 aliphatic carbocycles. The molecule has 1 aromatic carbocycles. The zero-order valence-corrected chi connectivity index (χ0v) is 12.0. The van der Waals surface area contributed by atoms with Gasteiger partial charge in [-0.15, -0.1) is 0 Å². The molecule has 0 atom stereocenters. The lowest BCUT2D eigenvalue weighted by atomic mass is 10.1. The van der Waals surface area contributed by atoms with Gasteiger partial charge in [0.25, 0.3) is 15.9 Å². The Hall–Kier alpha value is -2.42. The Labute approximate surface area is 120 Å². The normalized spacial score (nSPS) is 15.7. The number of hydrogen-bond donors (Lipinski definition) is 1. The fourth-order valence-electron chi connectivity index (χ4n) is 1.83. The number of carboxylic acid groups (broad SMARTS) is 1. The monoisotopic (exact) mass is 312 g/mol. The summed E-state index contributed by atoms with van der Waals surface area (Å²) in [5.41, 5.74) is -0.377. The third kappa shape index (κ3) is 2.35. The van der Waals surface area contributed by atoms with Gasteiger partial charge in [-0.05, 0) is 18.2 Å². The number of hydrogen-bond acceptors (Lipinski definition) is 5. The number of likely N-dealkylation sites (N-methyl/N-ethyl adjacent to an activating group) is 1. The quantitative estimate of drug-likeness (QED) is 0.814. The highest BCUT2D eigenvalue weighted by molar-refractivity contribution is 7.90. The van der Waals surface area contributed by atoms with Crippen LogP contribution in [0.4, 0.5) is 0 Å². The van der Waals surface area contributed by atoms with Crippen LogP contribution in [0.5, 0.6) is 0 Å². The van der Waals surface area contributed by atoms with Gasteiger partial charge in [0.05, 0.1) is 11.1 Å².